The zero-order chi connectivity index (χ0) is 12.9. The second-order valence-corrected chi connectivity index (χ2v) is 4.30. The lowest BCUT2D eigenvalue weighted by molar-refractivity contribution is -0.0161. The minimum atomic E-state index is -0.881. The molecular formula is C13H20O4. The topological polar surface area (TPSA) is 47.9 Å². The van der Waals surface area contributed by atoms with Crippen LogP contribution in [0, 0.1) is 0 Å². The van der Waals surface area contributed by atoms with Crippen molar-refractivity contribution in [3.8, 4) is 11.5 Å². The molecule has 0 bridgehead atoms. The van der Waals surface area contributed by atoms with Gasteiger partial charge in [0.2, 0.25) is 0 Å². The van der Waals surface area contributed by atoms with E-state index >= 15 is 0 Å². The molecule has 0 aliphatic carbocycles. The molecule has 0 fully saturated rings. The molecule has 0 amide bonds. The summed E-state index contributed by atoms with van der Waals surface area (Å²) in [5, 5.41) is 10.1. The van der Waals surface area contributed by atoms with E-state index in [1.165, 1.54) is 0 Å². The minimum Gasteiger partial charge on any atom is -0.493 e. The summed E-state index contributed by atoms with van der Waals surface area (Å²) in [6, 6.07) is 5.60. The van der Waals surface area contributed by atoms with E-state index in [0.29, 0.717) is 24.5 Å². The third-order valence-corrected chi connectivity index (χ3v) is 2.49. The van der Waals surface area contributed by atoms with Gasteiger partial charge in [0.25, 0.3) is 0 Å². The van der Waals surface area contributed by atoms with Gasteiger partial charge >= 0.3 is 0 Å². The Balaban J connectivity index is 2.85. The highest BCUT2D eigenvalue weighted by atomic mass is 16.5. The molecule has 0 heterocycles. The van der Waals surface area contributed by atoms with Crippen LogP contribution in [-0.4, -0.2) is 38.6 Å². The predicted molar refractivity (Wildman–Crippen MR) is 65.7 cm³/mol. The molecule has 1 unspecified atom stereocenters. The molecule has 0 saturated heterocycles. The molecule has 4 nitrogen and oxygen atoms in total. The van der Waals surface area contributed by atoms with E-state index in [1.54, 1.807) is 28.3 Å². The Morgan fingerprint density at radius 2 is 1.76 bits per heavy atom. The fourth-order valence-electron chi connectivity index (χ4n) is 1.79. The summed E-state index contributed by atoms with van der Waals surface area (Å²) >= 11 is 0. The molecule has 1 atom stereocenters. The first-order chi connectivity index (χ1) is 8.02. The van der Waals surface area contributed by atoms with Crippen LogP contribution in [0.25, 0.3) is 0 Å². The zero-order valence-electron chi connectivity index (χ0n) is 10.8. The molecule has 0 aromatic heterocycles. The lowest BCUT2D eigenvalue weighted by atomic mass is 9.97. The van der Waals surface area contributed by atoms with Crippen molar-refractivity contribution in [2.45, 2.75) is 18.9 Å². The Bertz CT molecular complexity index is 360. The van der Waals surface area contributed by atoms with Crippen molar-refractivity contribution >= 4 is 0 Å². The van der Waals surface area contributed by atoms with Crippen LogP contribution in [0.15, 0.2) is 18.2 Å². The Labute approximate surface area is 102 Å². The van der Waals surface area contributed by atoms with Crippen molar-refractivity contribution in [2.75, 3.05) is 27.9 Å². The van der Waals surface area contributed by atoms with Crippen LogP contribution in [0.2, 0.25) is 0 Å². The van der Waals surface area contributed by atoms with Crippen molar-refractivity contribution in [3.05, 3.63) is 23.8 Å². The Morgan fingerprint density at radius 3 is 2.29 bits per heavy atom. The number of hydrogen-bond donors (Lipinski definition) is 1. The van der Waals surface area contributed by atoms with Gasteiger partial charge in [-0.25, -0.2) is 0 Å². The zero-order valence-corrected chi connectivity index (χ0v) is 10.8. The van der Waals surface area contributed by atoms with Crippen LogP contribution in [0.1, 0.15) is 12.5 Å². The largest absolute Gasteiger partial charge is 0.493 e. The molecule has 1 N–H and O–H groups in total. The maximum Gasteiger partial charge on any atom is 0.160 e. The van der Waals surface area contributed by atoms with E-state index in [9.17, 15) is 5.11 Å². The van der Waals surface area contributed by atoms with E-state index in [1.807, 2.05) is 18.2 Å². The average Bonchev–Trinajstić information content (AvgIpc) is 2.28. The van der Waals surface area contributed by atoms with E-state index in [2.05, 4.69) is 0 Å². The quantitative estimate of drug-likeness (QED) is 0.821. The van der Waals surface area contributed by atoms with Gasteiger partial charge in [0, 0.05) is 13.5 Å². The number of hydrogen-bond acceptors (Lipinski definition) is 4. The number of ether oxygens (including phenoxy) is 3. The van der Waals surface area contributed by atoms with Crippen LogP contribution < -0.4 is 9.47 Å². The minimum absolute atomic E-state index is 0.293. The summed E-state index contributed by atoms with van der Waals surface area (Å²) in [5.41, 5.74) is 0.0960. The van der Waals surface area contributed by atoms with Crippen molar-refractivity contribution in [1.82, 2.24) is 0 Å². The number of aliphatic hydroxyl groups is 1. The molecular weight excluding hydrogens is 220 g/mol. The van der Waals surface area contributed by atoms with Gasteiger partial charge in [0.05, 0.1) is 26.4 Å². The van der Waals surface area contributed by atoms with E-state index < -0.39 is 5.60 Å². The first-order valence-electron chi connectivity index (χ1n) is 5.44. The highest BCUT2D eigenvalue weighted by Crippen LogP contribution is 2.29. The smallest absolute Gasteiger partial charge is 0.160 e. The monoisotopic (exact) mass is 240 g/mol. The third kappa shape index (κ3) is 3.91. The van der Waals surface area contributed by atoms with Crippen LogP contribution in [0.4, 0.5) is 0 Å². The first-order valence-corrected chi connectivity index (χ1v) is 5.44. The molecule has 96 valence electrons. The van der Waals surface area contributed by atoms with Crippen molar-refractivity contribution in [2.24, 2.45) is 0 Å². The van der Waals surface area contributed by atoms with E-state index in [-0.39, 0.29) is 0 Å². The van der Waals surface area contributed by atoms with Crippen LogP contribution in [-0.2, 0) is 11.2 Å². The Morgan fingerprint density at radius 1 is 1.12 bits per heavy atom. The van der Waals surface area contributed by atoms with Gasteiger partial charge in [-0.15, -0.1) is 0 Å². The van der Waals surface area contributed by atoms with Gasteiger partial charge in [0.15, 0.2) is 11.5 Å². The third-order valence-electron chi connectivity index (χ3n) is 2.49. The van der Waals surface area contributed by atoms with E-state index in [4.69, 9.17) is 14.2 Å². The van der Waals surface area contributed by atoms with Crippen molar-refractivity contribution in [1.29, 1.82) is 0 Å². The SMILES string of the molecule is COCC(C)(O)Cc1ccc(OC)c(OC)c1. The first kappa shape index (κ1) is 13.8. The van der Waals surface area contributed by atoms with E-state index in [0.717, 1.165) is 5.56 Å². The van der Waals surface area contributed by atoms with Gasteiger partial charge in [-0.1, -0.05) is 6.07 Å². The van der Waals surface area contributed by atoms with Gasteiger partial charge < -0.3 is 19.3 Å². The maximum atomic E-state index is 10.1. The van der Waals surface area contributed by atoms with Crippen molar-refractivity contribution in [3.63, 3.8) is 0 Å². The van der Waals surface area contributed by atoms with Crippen LogP contribution in [0.5, 0.6) is 11.5 Å². The predicted octanol–water partition coefficient (Wildman–Crippen LogP) is 1.64. The van der Waals surface area contributed by atoms with Gasteiger partial charge in [-0.05, 0) is 24.6 Å². The maximum absolute atomic E-state index is 10.1. The summed E-state index contributed by atoms with van der Waals surface area (Å²) in [6.45, 7) is 2.04. The molecule has 4 heteroatoms. The second-order valence-electron chi connectivity index (χ2n) is 4.30. The van der Waals surface area contributed by atoms with Crippen LogP contribution >= 0.6 is 0 Å². The molecule has 0 aliphatic rings. The number of methoxy groups -OCH3 is 3. The average molecular weight is 240 g/mol. The fourth-order valence-corrected chi connectivity index (χ4v) is 1.79. The van der Waals surface area contributed by atoms with Gasteiger partial charge in [-0.2, -0.15) is 0 Å². The van der Waals surface area contributed by atoms with Gasteiger partial charge in [0.1, 0.15) is 0 Å². The lowest BCUT2D eigenvalue weighted by Gasteiger charge is -2.22. The summed E-state index contributed by atoms with van der Waals surface area (Å²) in [5.74, 6) is 1.35. The highest BCUT2D eigenvalue weighted by molar-refractivity contribution is 5.43. The van der Waals surface area contributed by atoms with Crippen LogP contribution in [0.3, 0.4) is 0 Å². The summed E-state index contributed by atoms with van der Waals surface area (Å²) in [6.07, 6.45) is 0.501. The molecule has 1 rings (SSSR count). The fraction of sp³-hybridized carbons (Fsp3) is 0.538. The molecule has 0 radical (unpaired) electrons. The second kappa shape index (κ2) is 5.89. The summed E-state index contributed by atoms with van der Waals surface area (Å²) < 4.78 is 15.3. The number of rotatable bonds is 6. The van der Waals surface area contributed by atoms with Gasteiger partial charge in [-0.3, -0.25) is 0 Å². The molecule has 17 heavy (non-hydrogen) atoms. The Hall–Kier alpha value is -1.26. The summed E-state index contributed by atoms with van der Waals surface area (Å²) in [7, 11) is 4.76. The molecule has 0 saturated carbocycles. The summed E-state index contributed by atoms with van der Waals surface area (Å²) in [4.78, 5) is 0. The Kier molecular flexibility index (Phi) is 4.78. The number of benzene rings is 1. The normalized spacial score (nSPS) is 14.2. The molecule has 0 aliphatic heterocycles. The standard InChI is InChI=1S/C13H20O4/c1-13(14,9-15-2)8-10-5-6-11(16-3)12(7-10)17-4/h5-7,14H,8-9H2,1-4H3. The highest BCUT2D eigenvalue weighted by Gasteiger charge is 2.21. The molecule has 0 spiro atoms. The molecule has 1 aromatic carbocycles. The van der Waals surface area contributed by atoms with Crippen molar-refractivity contribution < 1.29 is 19.3 Å². The lowest BCUT2D eigenvalue weighted by Crippen LogP contribution is -2.32. The molecule has 1 aromatic rings.